The monoisotopic (exact) mass is 255 g/mol. The number of hydrogen-bond acceptors (Lipinski definition) is 3. The highest BCUT2D eigenvalue weighted by Gasteiger charge is 2.29. The first-order valence-corrected chi connectivity index (χ1v) is 7.71. The molecule has 18 heavy (non-hydrogen) atoms. The summed E-state index contributed by atoms with van der Waals surface area (Å²) in [6.07, 6.45) is 6.14. The van der Waals surface area contributed by atoms with E-state index >= 15 is 0 Å². The fourth-order valence-electron chi connectivity index (χ4n) is 3.42. The minimum atomic E-state index is -0.0836. The molecular formula is C15H29NO2. The van der Waals surface area contributed by atoms with Crippen molar-refractivity contribution >= 4 is 0 Å². The van der Waals surface area contributed by atoms with Gasteiger partial charge in [-0.3, -0.25) is 0 Å². The standard InChI is InChI=1S/C15H29NO2/c1-3-16(11-14-5-4-8-18-14)10-13-9-12(2)6-7-15(13)17/h12-15,17H,3-11H2,1-2H3. The van der Waals surface area contributed by atoms with Gasteiger partial charge >= 0.3 is 0 Å². The van der Waals surface area contributed by atoms with E-state index in [4.69, 9.17) is 4.74 Å². The molecule has 0 aromatic heterocycles. The summed E-state index contributed by atoms with van der Waals surface area (Å²) in [6.45, 7) is 8.63. The lowest BCUT2D eigenvalue weighted by molar-refractivity contribution is 0.0164. The van der Waals surface area contributed by atoms with E-state index < -0.39 is 0 Å². The Morgan fingerprint density at radius 1 is 1.22 bits per heavy atom. The van der Waals surface area contributed by atoms with E-state index in [1.54, 1.807) is 0 Å². The predicted molar refractivity (Wildman–Crippen MR) is 73.6 cm³/mol. The van der Waals surface area contributed by atoms with Gasteiger partial charge in [-0.15, -0.1) is 0 Å². The van der Waals surface area contributed by atoms with Crippen LogP contribution in [0.3, 0.4) is 0 Å². The number of aliphatic hydroxyl groups is 1. The van der Waals surface area contributed by atoms with E-state index in [0.717, 1.165) is 38.6 Å². The van der Waals surface area contributed by atoms with E-state index in [1.807, 2.05) is 0 Å². The third-order valence-electron chi connectivity index (χ3n) is 4.63. The second-order valence-corrected chi connectivity index (χ2v) is 6.23. The number of rotatable bonds is 5. The van der Waals surface area contributed by atoms with Gasteiger partial charge in [-0.05, 0) is 50.5 Å². The number of ether oxygens (including phenoxy) is 1. The minimum absolute atomic E-state index is 0.0836. The largest absolute Gasteiger partial charge is 0.393 e. The zero-order valence-corrected chi connectivity index (χ0v) is 12.0. The van der Waals surface area contributed by atoms with Gasteiger partial charge in [0.1, 0.15) is 0 Å². The molecule has 1 heterocycles. The quantitative estimate of drug-likeness (QED) is 0.818. The van der Waals surface area contributed by atoms with Gasteiger partial charge in [0.15, 0.2) is 0 Å². The molecule has 2 aliphatic rings. The molecule has 106 valence electrons. The molecule has 1 N–H and O–H groups in total. The van der Waals surface area contributed by atoms with Gasteiger partial charge in [-0.1, -0.05) is 13.8 Å². The minimum Gasteiger partial charge on any atom is -0.393 e. The molecule has 0 bridgehead atoms. The summed E-state index contributed by atoms with van der Waals surface area (Å²) < 4.78 is 5.72. The number of aliphatic hydroxyl groups excluding tert-OH is 1. The summed E-state index contributed by atoms with van der Waals surface area (Å²) in [5.41, 5.74) is 0. The maximum absolute atomic E-state index is 10.1. The zero-order chi connectivity index (χ0) is 13.0. The highest BCUT2D eigenvalue weighted by Crippen LogP contribution is 2.29. The Kier molecular flexibility index (Phi) is 5.46. The van der Waals surface area contributed by atoms with Crippen LogP contribution in [0.2, 0.25) is 0 Å². The van der Waals surface area contributed by atoms with Crippen LogP contribution in [0.25, 0.3) is 0 Å². The molecule has 0 aromatic rings. The van der Waals surface area contributed by atoms with Crippen LogP contribution < -0.4 is 0 Å². The van der Waals surface area contributed by atoms with Crippen molar-refractivity contribution in [3.8, 4) is 0 Å². The summed E-state index contributed by atoms with van der Waals surface area (Å²) >= 11 is 0. The summed E-state index contributed by atoms with van der Waals surface area (Å²) in [6, 6.07) is 0. The van der Waals surface area contributed by atoms with Crippen molar-refractivity contribution in [3.05, 3.63) is 0 Å². The predicted octanol–water partition coefficient (Wildman–Crippen LogP) is 2.28. The van der Waals surface area contributed by atoms with Crippen LogP contribution in [0.4, 0.5) is 0 Å². The van der Waals surface area contributed by atoms with Crippen LogP contribution >= 0.6 is 0 Å². The highest BCUT2D eigenvalue weighted by atomic mass is 16.5. The van der Waals surface area contributed by atoms with E-state index in [-0.39, 0.29) is 6.10 Å². The van der Waals surface area contributed by atoms with Gasteiger partial charge in [0.05, 0.1) is 12.2 Å². The first-order chi connectivity index (χ1) is 8.69. The lowest BCUT2D eigenvalue weighted by Gasteiger charge is -2.35. The van der Waals surface area contributed by atoms with Crippen molar-refractivity contribution in [2.75, 3.05) is 26.2 Å². The molecule has 3 heteroatoms. The first kappa shape index (κ1) is 14.3. The van der Waals surface area contributed by atoms with E-state index in [9.17, 15) is 5.11 Å². The van der Waals surface area contributed by atoms with Crippen molar-refractivity contribution in [2.24, 2.45) is 11.8 Å². The molecule has 1 saturated heterocycles. The van der Waals surface area contributed by atoms with Crippen molar-refractivity contribution in [1.82, 2.24) is 4.90 Å². The molecule has 4 unspecified atom stereocenters. The van der Waals surface area contributed by atoms with Gasteiger partial charge < -0.3 is 14.7 Å². The molecule has 0 amide bonds. The van der Waals surface area contributed by atoms with Gasteiger partial charge in [0.2, 0.25) is 0 Å². The van der Waals surface area contributed by atoms with Crippen molar-refractivity contribution < 1.29 is 9.84 Å². The third-order valence-corrected chi connectivity index (χ3v) is 4.63. The molecular weight excluding hydrogens is 226 g/mol. The van der Waals surface area contributed by atoms with E-state index in [0.29, 0.717) is 12.0 Å². The molecule has 0 radical (unpaired) electrons. The molecule has 1 saturated carbocycles. The number of hydrogen-bond donors (Lipinski definition) is 1. The van der Waals surface area contributed by atoms with E-state index in [2.05, 4.69) is 18.7 Å². The molecule has 1 aliphatic heterocycles. The lowest BCUT2D eigenvalue weighted by atomic mass is 9.80. The van der Waals surface area contributed by atoms with Crippen molar-refractivity contribution in [1.29, 1.82) is 0 Å². The summed E-state index contributed by atoms with van der Waals surface area (Å²) in [4.78, 5) is 2.47. The Balaban J connectivity index is 1.80. The van der Waals surface area contributed by atoms with Crippen LogP contribution in [-0.4, -0.2) is 48.5 Å². The second kappa shape index (κ2) is 6.88. The van der Waals surface area contributed by atoms with Gasteiger partial charge in [0, 0.05) is 19.7 Å². The molecule has 0 aromatic carbocycles. The SMILES string of the molecule is CCN(CC1CCCO1)CC1CC(C)CCC1O. The van der Waals surface area contributed by atoms with Gasteiger partial charge in [-0.2, -0.15) is 0 Å². The fraction of sp³-hybridized carbons (Fsp3) is 1.00. The third kappa shape index (κ3) is 3.94. The number of likely N-dealkylation sites (N-methyl/N-ethyl adjacent to an activating group) is 1. The van der Waals surface area contributed by atoms with Crippen molar-refractivity contribution in [2.45, 2.75) is 58.2 Å². The number of nitrogens with zero attached hydrogens (tertiary/aromatic N) is 1. The maximum atomic E-state index is 10.1. The molecule has 4 atom stereocenters. The molecule has 1 aliphatic carbocycles. The average molecular weight is 255 g/mol. The Morgan fingerprint density at radius 2 is 2.06 bits per heavy atom. The summed E-state index contributed by atoms with van der Waals surface area (Å²) in [5.74, 6) is 1.25. The normalized spacial score (nSPS) is 37.3. The average Bonchev–Trinajstić information content (AvgIpc) is 2.85. The first-order valence-electron chi connectivity index (χ1n) is 7.71. The lowest BCUT2D eigenvalue weighted by Crippen LogP contribution is -2.41. The highest BCUT2D eigenvalue weighted by molar-refractivity contribution is 4.81. The Hall–Kier alpha value is -0.120. The molecule has 3 nitrogen and oxygen atoms in total. The molecule has 0 spiro atoms. The van der Waals surface area contributed by atoms with Crippen LogP contribution in [0.5, 0.6) is 0 Å². The van der Waals surface area contributed by atoms with Gasteiger partial charge in [-0.25, -0.2) is 0 Å². The van der Waals surface area contributed by atoms with Crippen LogP contribution in [0.15, 0.2) is 0 Å². The van der Waals surface area contributed by atoms with Crippen LogP contribution in [-0.2, 0) is 4.74 Å². The van der Waals surface area contributed by atoms with Crippen LogP contribution in [0.1, 0.15) is 46.0 Å². The van der Waals surface area contributed by atoms with Crippen LogP contribution in [0, 0.1) is 11.8 Å². The van der Waals surface area contributed by atoms with E-state index in [1.165, 1.54) is 25.7 Å². The fourth-order valence-corrected chi connectivity index (χ4v) is 3.42. The second-order valence-electron chi connectivity index (χ2n) is 6.23. The molecule has 2 fully saturated rings. The summed E-state index contributed by atoms with van der Waals surface area (Å²) in [7, 11) is 0. The smallest absolute Gasteiger partial charge is 0.0702 e. The summed E-state index contributed by atoms with van der Waals surface area (Å²) in [5, 5.41) is 10.1. The van der Waals surface area contributed by atoms with Crippen molar-refractivity contribution in [3.63, 3.8) is 0 Å². The molecule has 2 rings (SSSR count). The Morgan fingerprint density at radius 3 is 2.72 bits per heavy atom. The zero-order valence-electron chi connectivity index (χ0n) is 12.0. The Labute approximate surface area is 112 Å². The van der Waals surface area contributed by atoms with Gasteiger partial charge in [0.25, 0.3) is 0 Å². The topological polar surface area (TPSA) is 32.7 Å². The maximum Gasteiger partial charge on any atom is 0.0702 e. The Bertz CT molecular complexity index is 241.